The molecule has 1 aromatic carbocycles. The number of carbonyl (C=O) groups is 1. The Morgan fingerprint density at radius 1 is 1.33 bits per heavy atom. The molecule has 1 aliphatic heterocycles. The van der Waals surface area contributed by atoms with Crippen LogP contribution in [0, 0.1) is 0 Å². The van der Waals surface area contributed by atoms with E-state index in [4.69, 9.17) is 5.11 Å². The monoisotopic (exact) mass is 386 g/mol. The predicted molar refractivity (Wildman–Crippen MR) is 105 cm³/mol. The molecule has 3 heterocycles. The number of nitrogens with one attached hydrogen (secondary N) is 1. The van der Waals surface area contributed by atoms with E-state index in [2.05, 4.69) is 28.0 Å². The molecule has 0 bridgehead atoms. The molecular weight excluding hydrogens is 364 g/mol. The topological polar surface area (TPSA) is 83.3 Å². The Morgan fingerprint density at radius 3 is 2.96 bits per heavy atom. The molecule has 2 aromatic heterocycles. The number of fused-ring (bicyclic) bond motifs is 2. The Hall–Kier alpha value is -2.45. The molecule has 1 amide bonds. The zero-order valence-corrected chi connectivity index (χ0v) is 16.0. The quantitative estimate of drug-likeness (QED) is 0.648. The number of benzene rings is 1. The van der Waals surface area contributed by atoms with Crippen LogP contribution < -0.4 is 5.56 Å². The van der Waals surface area contributed by atoms with Crippen molar-refractivity contribution in [3.63, 3.8) is 0 Å². The first-order valence-electron chi connectivity index (χ1n) is 8.94. The molecule has 2 N–H and O–H groups in total. The van der Waals surface area contributed by atoms with Crippen LogP contribution >= 0.6 is 11.8 Å². The Kier molecular flexibility index (Phi) is 4.84. The van der Waals surface area contributed by atoms with Crippen LogP contribution in [-0.2, 0) is 31.4 Å². The molecule has 0 radical (unpaired) electrons. The summed E-state index contributed by atoms with van der Waals surface area (Å²) in [6.07, 6.45) is 2.61. The minimum absolute atomic E-state index is 0.0642. The number of thioether (sulfide) groups is 1. The largest absolute Gasteiger partial charge is 0.394 e. The van der Waals surface area contributed by atoms with Crippen LogP contribution in [0.2, 0.25) is 0 Å². The van der Waals surface area contributed by atoms with E-state index in [0.717, 1.165) is 27.1 Å². The number of carbonyl (C=O) groups excluding carboxylic acids is 1. The van der Waals surface area contributed by atoms with E-state index in [1.165, 1.54) is 4.68 Å². The zero-order valence-electron chi connectivity index (χ0n) is 15.1. The molecular formula is C19H22N4O3S. The maximum absolute atomic E-state index is 12.7. The van der Waals surface area contributed by atoms with Gasteiger partial charge in [-0.3, -0.25) is 19.4 Å². The van der Waals surface area contributed by atoms with Crippen molar-refractivity contribution in [2.75, 3.05) is 18.9 Å². The summed E-state index contributed by atoms with van der Waals surface area (Å²) >= 11 is 1.55. The van der Waals surface area contributed by atoms with E-state index in [1.54, 1.807) is 16.7 Å². The van der Waals surface area contributed by atoms with Crippen LogP contribution in [0.1, 0.15) is 11.3 Å². The summed E-state index contributed by atoms with van der Waals surface area (Å²) in [5, 5.41) is 13.2. The molecule has 0 fully saturated rings. The van der Waals surface area contributed by atoms with E-state index in [9.17, 15) is 9.59 Å². The molecule has 0 spiro atoms. The normalized spacial score (nSPS) is 13.9. The minimum atomic E-state index is -0.0936. The molecule has 4 rings (SSSR count). The standard InChI is InChI=1S/C19H22N4O3S/c1-21-11-17(14-4-2-3-5-16(14)21)27-12-18(25)22-7-6-13-15(10-22)20-23(8-9-24)19(13)26/h2-5,11,20,24H,6-10,12H2,1H3. The van der Waals surface area contributed by atoms with Gasteiger partial charge in [0, 0.05) is 41.2 Å². The fourth-order valence-electron chi connectivity index (χ4n) is 3.60. The second kappa shape index (κ2) is 7.28. The summed E-state index contributed by atoms with van der Waals surface area (Å²) in [4.78, 5) is 27.8. The molecule has 8 heteroatoms. The Morgan fingerprint density at radius 2 is 2.15 bits per heavy atom. The molecule has 27 heavy (non-hydrogen) atoms. The molecule has 1 aliphatic rings. The highest BCUT2D eigenvalue weighted by atomic mass is 32.2. The number of aliphatic hydroxyl groups excluding tert-OH is 1. The number of aliphatic hydroxyl groups is 1. The van der Waals surface area contributed by atoms with Gasteiger partial charge >= 0.3 is 0 Å². The summed E-state index contributed by atoms with van der Waals surface area (Å²) < 4.78 is 3.49. The van der Waals surface area contributed by atoms with Crippen molar-refractivity contribution in [3.05, 3.63) is 52.1 Å². The predicted octanol–water partition coefficient (Wildman–Crippen LogP) is 1.34. The van der Waals surface area contributed by atoms with Gasteiger partial charge in [0.05, 0.1) is 31.1 Å². The van der Waals surface area contributed by atoms with Crippen LogP contribution in [0.25, 0.3) is 10.9 Å². The number of aryl methyl sites for hydroxylation is 1. The second-order valence-electron chi connectivity index (χ2n) is 6.72. The zero-order chi connectivity index (χ0) is 19.0. The first-order valence-corrected chi connectivity index (χ1v) is 9.93. The third-order valence-electron chi connectivity index (χ3n) is 5.01. The lowest BCUT2D eigenvalue weighted by Crippen LogP contribution is -2.38. The second-order valence-corrected chi connectivity index (χ2v) is 7.74. The van der Waals surface area contributed by atoms with Gasteiger partial charge in [0.15, 0.2) is 0 Å². The molecule has 7 nitrogen and oxygen atoms in total. The number of rotatable bonds is 5. The minimum Gasteiger partial charge on any atom is -0.394 e. The molecule has 142 valence electrons. The number of hydrogen-bond donors (Lipinski definition) is 2. The van der Waals surface area contributed by atoms with Gasteiger partial charge in [0.1, 0.15) is 0 Å². The highest BCUT2D eigenvalue weighted by Crippen LogP contribution is 2.29. The summed E-state index contributed by atoms with van der Waals surface area (Å²) in [6, 6.07) is 8.16. The van der Waals surface area contributed by atoms with Gasteiger partial charge in [-0.2, -0.15) is 0 Å². The van der Waals surface area contributed by atoms with E-state index >= 15 is 0 Å². The van der Waals surface area contributed by atoms with Gasteiger partial charge < -0.3 is 14.6 Å². The van der Waals surface area contributed by atoms with E-state index in [0.29, 0.717) is 25.3 Å². The van der Waals surface area contributed by atoms with Gasteiger partial charge in [-0.15, -0.1) is 11.8 Å². The van der Waals surface area contributed by atoms with Gasteiger partial charge in [-0.1, -0.05) is 18.2 Å². The van der Waals surface area contributed by atoms with Gasteiger partial charge in [-0.05, 0) is 12.5 Å². The van der Waals surface area contributed by atoms with E-state index in [-0.39, 0.29) is 24.6 Å². The average Bonchev–Trinajstić information content (AvgIpc) is 3.17. The van der Waals surface area contributed by atoms with Crippen LogP contribution in [0.15, 0.2) is 40.2 Å². The lowest BCUT2D eigenvalue weighted by Gasteiger charge is -2.26. The molecule has 3 aromatic rings. The summed E-state index contributed by atoms with van der Waals surface area (Å²) in [6.45, 7) is 1.12. The summed E-state index contributed by atoms with van der Waals surface area (Å²) in [5.41, 5.74) is 2.58. The van der Waals surface area contributed by atoms with Crippen LogP contribution in [0.3, 0.4) is 0 Å². The van der Waals surface area contributed by atoms with Crippen molar-refractivity contribution >= 4 is 28.6 Å². The maximum atomic E-state index is 12.7. The number of H-pyrrole nitrogens is 1. The van der Waals surface area contributed by atoms with Crippen molar-refractivity contribution in [2.45, 2.75) is 24.4 Å². The highest BCUT2D eigenvalue weighted by molar-refractivity contribution is 8.00. The Labute approximate surface area is 160 Å². The molecule has 0 saturated heterocycles. The van der Waals surface area contributed by atoms with Gasteiger partial charge in [0.25, 0.3) is 5.56 Å². The number of para-hydroxylation sites is 1. The average molecular weight is 386 g/mol. The van der Waals surface area contributed by atoms with Crippen molar-refractivity contribution in [2.24, 2.45) is 7.05 Å². The number of aromatic nitrogens is 3. The smallest absolute Gasteiger partial charge is 0.270 e. The van der Waals surface area contributed by atoms with Crippen LogP contribution in [-0.4, -0.2) is 49.2 Å². The Balaban J connectivity index is 1.45. The highest BCUT2D eigenvalue weighted by Gasteiger charge is 2.25. The van der Waals surface area contributed by atoms with E-state index < -0.39 is 0 Å². The third kappa shape index (κ3) is 3.30. The SMILES string of the molecule is Cn1cc(SCC(=O)N2CCc3c([nH]n(CCO)c3=O)C2)c2ccccc21. The molecule has 0 unspecified atom stereocenters. The first-order chi connectivity index (χ1) is 13.1. The first kappa shape index (κ1) is 17.9. The number of hydrogen-bond acceptors (Lipinski definition) is 4. The fourth-order valence-corrected chi connectivity index (χ4v) is 4.62. The van der Waals surface area contributed by atoms with Crippen LogP contribution in [0.4, 0.5) is 0 Å². The van der Waals surface area contributed by atoms with Gasteiger partial charge in [0.2, 0.25) is 5.91 Å². The van der Waals surface area contributed by atoms with Crippen molar-refractivity contribution < 1.29 is 9.90 Å². The lowest BCUT2D eigenvalue weighted by molar-refractivity contribution is -0.129. The van der Waals surface area contributed by atoms with Gasteiger partial charge in [-0.25, -0.2) is 0 Å². The van der Waals surface area contributed by atoms with Crippen molar-refractivity contribution in [3.8, 4) is 0 Å². The molecule has 0 aliphatic carbocycles. The lowest BCUT2D eigenvalue weighted by atomic mass is 10.1. The maximum Gasteiger partial charge on any atom is 0.270 e. The Bertz CT molecular complexity index is 1050. The third-order valence-corrected chi connectivity index (χ3v) is 6.03. The molecule has 0 saturated carbocycles. The number of nitrogens with zero attached hydrogens (tertiary/aromatic N) is 3. The number of amides is 1. The van der Waals surface area contributed by atoms with Crippen LogP contribution in [0.5, 0.6) is 0 Å². The van der Waals surface area contributed by atoms with Crippen molar-refractivity contribution in [1.29, 1.82) is 0 Å². The number of aromatic amines is 1. The fraction of sp³-hybridized carbons (Fsp3) is 0.368. The molecule has 0 atom stereocenters. The van der Waals surface area contributed by atoms with Crippen molar-refractivity contribution in [1.82, 2.24) is 19.2 Å². The summed E-state index contributed by atoms with van der Waals surface area (Å²) in [7, 11) is 2.01. The van der Waals surface area contributed by atoms with E-state index in [1.807, 2.05) is 19.2 Å². The summed E-state index contributed by atoms with van der Waals surface area (Å²) in [5.74, 6) is 0.430.